The molecule has 104 valence electrons. The van der Waals surface area contributed by atoms with Gasteiger partial charge in [-0.2, -0.15) is 0 Å². The fourth-order valence-corrected chi connectivity index (χ4v) is 3.33. The highest BCUT2D eigenvalue weighted by Gasteiger charge is 2.29. The molecule has 0 spiro atoms. The van der Waals surface area contributed by atoms with E-state index < -0.39 is 0 Å². The molecule has 0 saturated carbocycles. The van der Waals surface area contributed by atoms with Crippen LogP contribution in [0.4, 0.5) is 0 Å². The quantitative estimate of drug-likeness (QED) is 0.891. The van der Waals surface area contributed by atoms with Gasteiger partial charge in [-0.25, -0.2) is 0 Å². The Bertz CT molecular complexity index is 561. The number of rotatable bonds is 4. The van der Waals surface area contributed by atoms with Crippen LogP contribution in [0.3, 0.4) is 0 Å². The average molecular weight is 265 g/mol. The van der Waals surface area contributed by atoms with Crippen LogP contribution in [0.5, 0.6) is 0 Å². The first-order chi connectivity index (χ1) is 9.75. The van der Waals surface area contributed by atoms with Gasteiger partial charge < -0.3 is 5.73 Å². The average Bonchev–Trinajstić information content (AvgIpc) is 2.48. The molecule has 1 atom stereocenters. The van der Waals surface area contributed by atoms with Crippen LogP contribution >= 0.6 is 0 Å². The van der Waals surface area contributed by atoms with Gasteiger partial charge in [0.1, 0.15) is 0 Å². The van der Waals surface area contributed by atoms with E-state index in [0.29, 0.717) is 0 Å². The molecule has 2 aromatic rings. The molecule has 1 aliphatic carbocycles. The summed E-state index contributed by atoms with van der Waals surface area (Å²) in [5, 5.41) is 0. The molecule has 0 aromatic heterocycles. The summed E-state index contributed by atoms with van der Waals surface area (Å²) < 4.78 is 0. The van der Waals surface area contributed by atoms with E-state index in [-0.39, 0.29) is 5.54 Å². The van der Waals surface area contributed by atoms with Crippen LogP contribution in [-0.2, 0) is 19.3 Å². The van der Waals surface area contributed by atoms with Gasteiger partial charge in [-0.15, -0.1) is 0 Å². The summed E-state index contributed by atoms with van der Waals surface area (Å²) in [4.78, 5) is 0. The number of aryl methyl sites for hydroxylation is 2. The first kappa shape index (κ1) is 13.4. The van der Waals surface area contributed by atoms with Gasteiger partial charge in [0.2, 0.25) is 0 Å². The van der Waals surface area contributed by atoms with E-state index in [4.69, 9.17) is 5.73 Å². The summed E-state index contributed by atoms with van der Waals surface area (Å²) in [6.07, 6.45) is 6.75. The van der Waals surface area contributed by atoms with Crippen molar-refractivity contribution in [2.24, 2.45) is 5.73 Å². The molecule has 0 heterocycles. The first-order valence-electron chi connectivity index (χ1n) is 7.65. The molecule has 0 fully saturated rings. The van der Waals surface area contributed by atoms with Crippen LogP contribution < -0.4 is 5.73 Å². The third-order valence-electron chi connectivity index (χ3n) is 4.54. The SMILES string of the molecule is NC1(CCCc2ccccc2)CCc2ccccc2C1. The van der Waals surface area contributed by atoms with Crippen LogP contribution in [0.15, 0.2) is 54.6 Å². The fraction of sp³-hybridized carbons (Fsp3) is 0.368. The van der Waals surface area contributed by atoms with Crippen molar-refractivity contribution < 1.29 is 0 Å². The highest BCUT2D eigenvalue weighted by molar-refractivity contribution is 5.32. The molecule has 2 N–H and O–H groups in total. The molecule has 0 radical (unpaired) electrons. The van der Waals surface area contributed by atoms with Gasteiger partial charge in [-0.1, -0.05) is 54.6 Å². The summed E-state index contributed by atoms with van der Waals surface area (Å²) in [6.45, 7) is 0. The lowest BCUT2D eigenvalue weighted by Gasteiger charge is -2.35. The van der Waals surface area contributed by atoms with Crippen molar-refractivity contribution in [2.45, 2.75) is 44.1 Å². The fourth-order valence-electron chi connectivity index (χ4n) is 3.33. The predicted octanol–water partition coefficient (Wildman–Crippen LogP) is 3.90. The van der Waals surface area contributed by atoms with Gasteiger partial charge in [0.25, 0.3) is 0 Å². The van der Waals surface area contributed by atoms with E-state index >= 15 is 0 Å². The maximum absolute atomic E-state index is 6.64. The third kappa shape index (κ3) is 3.10. The highest BCUT2D eigenvalue weighted by atomic mass is 14.7. The van der Waals surface area contributed by atoms with Crippen molar-refractivity contribution in [3.05, 3.63) is 71.3 Å². The molecule has 0 bridgehead atoms. The molecule has 0 amide bonds. The van der Waals surface area contributed by atoms with E-state index in [2.05, 4.69) is 54.6 Å². The number of hydrogen-bond donors (Lipinski definition) is 1. The summed E-state index contributed by atoms with van der Waals surface area (Å²) >= 11 is 0. The van der Waals surface area contributed by atoms with E-state index in [1.165, 1.54) is 23.1 Å². The van der Waals surface area contributed by atoms with Crippen molar-refractivity contribution in [1.29, 1.82) is 0 Å². The van der Waals surface area contributed by atoms with E-state index in [1.54, 1.807) is 0 Å². The zero-order valence-corrected chi connectivity index (χ0v) is 12.0. The Morgan fingerprint density at radius 2 is 1.60 bits per heavy atom. The Labute approximate surface area is 121 Å². The Morgan fingerprint density at radius 3 is 2.40 bits per heavy atom. The Morgan fingerprint density at radius 1 is 0.900 bits per heavy atom. The zero-order valence-electron chi connectivity index (χ0n) is 12.0. The molecule has 0 saturated heterocycles. The maximum atomic E-state index is 6.64. The Hall–Kier alpha value is -1.60. The molecule has 1 unspecified atom stereocenters. The Kier molecular flexibility index (Phi) is 3.88. The smallest absolute Gasteiger partial charge is 0.0198 e. The molecule has 3 rings (SSSR count). The number of hydrogen-bond acceptors (Lipinski definition) is 1. The van der Waals surface area contributed by atoms with E-state index in [1.807, 2.05) is 0 Å². The third-order valence-corrected chi connectivity index (χ3v) is 4.54. The van der Waals surface area contributed by atoms with Gasteiger partial charge >= 0.3 is 0 Å². The molecule has 1 aliphatic rings. The minimum Gasteiger partial charge on any atom is -0.325 e. The van der Waals surface area contributed by atoms with Gasteiger partial charge in [0, 0.05) is 5.54 Å². The number of fused-ring (bicyclic) bond motifs is 1. The lowest BCUT2D eigenvalue weighted by molar-refractivity contribution is 0.337. The van der Waals surface area contributed by atoms with Crippen LogP contribution in [0, 0.1) is 0 Å². The van der Waals surface area contributed by atoms with Crippen LogP contribution in [0.1, 0.15) is 36.0 Å². The van der Waals surface area contributed by atoms with Crippen molar-refractivity contribution in [2.75, 3.05) is 0 Å². The molecule has 2 aromatic carbocycles. The zero-order chi connectivity index (χ0) is 13.8. The molecule has 1 nitrogen and oxygen atoms in total. The van der Waals surface area contributed by atoms with Gasteiger partial charge in [0.15, 0.2) is 0 Å². The minimum absolute atomic E-state index is 0.00311. The lowest BCUT2D eigenvalue weighted by atomic mass is 9.76. The van der Waals surface area contributed by atoms with Gasteiger partial charge in [0.05, 0.1) is 0 Å². The van der Waals surface area contributed by atoms with E-state index in [9.17, 15) is 0 Å². The Balaban J connectivity index is 1.58. The van der Waals surface area contributed by atoms with Crippen molar-refractivity contribution in [1.82, 2.24) is 0 Å². The summed E-state index contributed by atoms with van der Waals surface area (Å²) in [5.74, 6) is 0. The molecular weight excluding hydrogens is 242 g/mol. The maximum Gasteiger partial charge on any atom is 0.0198 e. The van der Waals surface area contributed by atoms with Crippen molar-refractivity contribution in [3.63, 3.8) is 0 Å². The topological polar surface area (TPSA) is 26.0 Å². The second-order valence-electron chi connectivity index (χ2n) is 6.15. The predicted molar refractivity (Wildman–Crippen MR) is 84.8 cm³/mol. The monoisotopic (exact) mass is 265 g/mol. The molecule has 20 heavy (non-hydrogen) atoms. The second-order valence-corrected chi connectivity index (χ2v) is 6.15. The highest BCUT2D eigenvalue weighted by Crippen LogP contribution is 2.30. The molecular formula is C19H23N. The molecule has 1 heteroatoms. The van der Waals surface area contributed by atoms with Crippen LogP contribution in [-0.4, -0.2) is 5.54 Å². The minimum atomic E-state index is 0.00311. The van der Waals surface area contributed by atoms with Crippen LogP contribution in [0.25, 0.3) is 0 Å². The largest absolute Gasteiger partial charge is 0.325 e. The van der Waals surface area contributed by atoms with Crippen molar-refractivity contribution in [3.8, 4) is 0 Å². The summed E-state index contributed by atoms with van der Waals surface area (Å²) in [7, 11) is 0. The lowest BCUT2D eigenvalue weighted by Crippen LogP contribution is -2.45. The summed E-state index contributed by atoms with van der Waals surface area (Å²) in [6, 6.07) is 19.5. The summed E-state index contributed by atoms with van der Waals surface area (Å²) in [5.41, 5.74) is 11.0. The first-order valence-corrected chi connectivity index (χ1v) is 7.65. The normalized spacial score (nSPS) is 21.4. The van der Waals surface area contributed by atoms with Gasteiger partial charge in [-0.3, -0.25) is 0 Å². The van der Waals surface area contributed by atoms with Crippen molar-refractivity contribution >= 4 is 0 Å². The number of benzene rings is 2. The van der Waals surface area contributed by atoms with Crippen LogP contribution in [0.2, 0.25) is 0 Å². The van der Waals surface area contributed by atoms with E-state index in [0.717, 1.165) is 32.1 Å². The second kappa shape index (κ2) is 5.80. The molecule has 0 aliphatic heterocycles. The van der Waals surface area contributed by atoms with Gasteiger partial charge in [-0.05, 0) is 55.2 Å². The standard InChI is InChI=1S/C19H23N/c20-19(13-6-9-16-7-2-1-3-8-16)14-12-17-10-4-5-11-18(17)15-19/h1-5,7-8,10-11H,6,9,12-15,20H2. The number of nitrogens with two attached hydrogens (primary N) is 1.